The molecule has 11 heteroatoms. The summed E-state index contributed by atoms with van der Waals surface area (Å²) in [7, 11) is 0. The van der Waals surface area contributed by atoms with Crippen molar-refractivity contribution in [1.82, 2.24) is 25.5 Å². The number of amides is 3. The van der Waals surface area contributed by atoms with Gasteiger partial charge in [0.1, 0.15) is 9.92 Å². The molecule has 35 heavy (non-hydrogen) atoms. The summed E-state index contributed by atoms with van der Waals surface area (Å²) >= 11 is 7.14. The number of unbranched alkanes of at least 4 members (excludes halogenated alkanes) is 1. The van der Waals surface area contributed by atoms with Gasteiger partial charge >= 0.3 is 12.1 Å². The number of carbonyl (C=O) groups excluding carboxylic acids is 2. The molecule has 0 bridgehead atoms. The van der Waals surface area contributed by atoms with Gasteiger partial charge in [0.05, 0.1) is 11.0 Å². The molecule has 1 aromatic carbocycles. The summed E-state index contributed by atoms with van der Waals surface area (Å²) in [6, 6.07) is 5.19. The third-order valence-corrected chi connectivity index (χ3v) is 6.85. The van der Waals surface area contributed by atoms with Crippen molar-refractivity contribution in [1.29, 1.82) is 0 Å². The third kappa shape index (κ3) is 9.48. The Balaban J connectivity index is 1.23. The van der Waals surface area contributed by atoms with E-state index < -0.39 is 5.60 Å². The van der Waals surface area contributed by atoms with E-state index in [2.05, 4.69) is 25.9 Å². The van der Waals surface area contributed by atoms with Crippen LogP contribution in [0.3, 0.4) is 0 Å². The number of thiocarbonyl (C=S) groups is 1. The van der Waals surface area contributed by atoms with Crippen LogP contribution >= 0.6 is 24.0 Å². The van der Waals surface area contributed by atoms with Crippen molar-refractivity contribution >= 4 is 57.1 Å². The standard InChI is InChI=1S/C24H34N6O3S2/c1-24(2,3)33-23(32)30-14-8-18(9-15-30)35-22(34)28-11-5-4-10-27-21(31)29-17-6-7-19-20(16-17)26-13-12-25-19/h6-7,12-13,16,18H,4-5,8-11,14-15H2,1-3H3,(H,28,34)(H2,27,29,31). The lowest BCUT2D eigenvalue weighted by Gasteiger charge is -2.33. The van der Waals surface area contributed by atoms with Crippen molar-refractivity contribution in [3.05, 3.63) is 30.6 Å². The zero-order chi connectivity index (χ0) is 25.3. The lowest BCUT2D eigenvalue weighted by atomic mass is 10.1. The van der Waals surface area contributed by atoms with E-state index in [0.29, 0.717) is 30.6 Å². The second kappa shape index (κ2) is 12.9. The fraction of sp³-hybridized carbons (Fsp3) is 0.542. The van der Waals surface area contributed by atoms with Crippen molar-refractivity contribution in [2.45, 2.75) is 57.3 Å². The van der Waals surface area contributed by atoms with Crippen molar-refractivity contribution in [3.8, 4) is 0 Å². The number of rotatable bonds is 7. The molecule has 0 saturated carbocycles. The average molecular weight is 519 g/mol. The number of urea groups is 1. The minimum atomic E-state index is -0.472. The van der Waals surface area contributed by atoms with E-state index >= 15 is 0 Å². The summed E-state index contributed by atoms with van der Waals surface area (Å²) in [5, 5.41) is 9.38. The first kappa shape index (κ1) is 26.9. The van der Waals surface area contributed by atoms with E-state index in [9.17, 15) is 9.59 Å². The molecule has 1 aliphatic rings. The Bertz CT molecular complexity index is 1020. The number of carbonyl (C=O) groups is 2. The summed E-state index contributed by atoms with van der Waals surface area (Å²) in [4.78, 5) is 34.5. The molecule has 1 aliphatic heterocycles. The molecule has 1 fully saturated rings. The maximum Gasteiger partial charge on any atom is 0.410 e. The van der Waals surface area contributed by atoms with E-state index in [-0.39, 0.29) is 12.1 Å². The first-order valence-corrected chi connectivity index (χ1v) is 13.2. The molecule has 1 saturated heterocycles. The number of thioether (sulfide) groups is 1. The van der Waals surface area contributed by atoms with Gasteiger partial charge in [-0.25, -0.2) is 9.59 Å². The molecule has 3 amide bonds. The van der Waals surface area contributed by atoms with E-state index in [1.54, 1.807) is 41.2 Å². The molecule has 9 nitrogen and oxygen atoms in total. The van der Waals surface area contributed by atoms with Gasteiger partial charge in [-0.05, 0) is 64.7 Å². The normalized spacial score (nSPS) is 14.4. The van der Waals surface area contributed by atoms with E-state index in [1.807, 2.05) is 26.8 Å². The van der Waals surface area contributed by atoms with Gasteiger partial charge in [0.2, 0.25) is 0 Å². The molecule has 2 aromatic rings. The fourth-order valence-electron chi connectivity index (χ4n) is 3.53. The van der Waals surface area contributed by atoms with Crippen molar-refractivity contribution in [2.75, 3.05) is 31.5 Å². The van der Waals surface area contributed by atoms with Crippen LogP contribution in [0, 0.1) is 0 Å². The molecular weight excluding hydrogens is 484 g/mol. The molecule has 0 radical (unpaired) electrons. The zero-order valence-corrected chi connectivity index (χ0v) is 22.1. The summed E-state index contributed by atoms with van der Waals surface area (Å²) in [6.07, 6.45) is 6.55. The number of hydrogen-bond acceptors (Lipinski definition) is 7. The van der Waals surface area contributed by atoms with Crippen LogP contribution in [0.25, 0.3) is 11.0 Å². The number of likely N-dealkylation sites (tertiary alicyclic amines) is 1. The van der Waals surface area contributed by atoms with Gasteiger partial charge in [-0.2, -0.15) is 0 Å². The number of piperidine rings is 1. The Kier molecular flexibility index (Phi) is 9.91. The second-order valence-corrected chi connectivity index (χ2v) is 11.3. The Morgan fingerprint density at radius 2 is 1.74 bits per heavy atom. The number of benzene rings is 1. The second-order valence-electron chi connectivity index (χ2n) is 9.35. The highest BCUT2D eigenvalue weighted by atomic mass is 32.2. The maximum atomic E-state index is 12.2. The van der Waals surface area contributed by atoms with Crippen LogP contribution in [0.1, 0.15) is 46.5 Å². The highest BCUT2D eigenvalue weighted by Crippen LogP contribution is 2.25. The van der Waals surface area contributed by atoms with Crippen molar-refractivity contribution in [3.63, 3.8) is 0 Å². The highest BCUT2D eigenvalue weighted by Gasteiger charge is 2.27. The van der Waals surface area contributed by atoms with Crippen molar-refractivity contribution in [2.24, 2.45) is 0 Å². The van der Waals surface area contributed by atoms with Gasteiger partial charge in [0.25, 0.3) is 0 Å². The Morgan fingerprint density at radius 3 is 2.43 bits per heavy atom. The largest absolute Gasteiger partial charge is 0.444 e. The lowest BCUT2D eigenvalue weighted by Crippen LogP contribution is -2.42. The first-order valence-electron chi connectivity index (χ1n) is 11.9. The topological polar surface area (TPSA) is 108 Å². The minimum absolute atomic E-state index is 0.240. The molecular formula is C24H34N6O3S2. The molecule has 0 aliphatic carbocycles. The van der Waals surface area contributed by atoms with Gasteiger partial charge in [-0.3, -0.25) is 9.97 Å². The Morgan fingerprint density at radius 1 is 1.09 bits per heavy atom. The van der Waals surface area contributed by atoms with Gasteiger partial charge in [0.15, 0.2) is 0 Å². The molecule has 0 spiro atoms. The lowest BCUT2D eigenvalue weighted by molar-refractivity contribution is 0.0219. The molecule has 190 valence electrons. The van der Waals surface area contributed by atoms with Gasteiger partial charge in [-0.15, -0.1) is 0 Å². The van der Waals surface area contributed by atoms with Crippen LogP contribution < -0.4 is 16.0 Å². The fourth-order valence-corrected chi connectivity index (χ4v) is 4.98. The van der Waals surface area contributed by atoms with Gasteiger partial charge in [0, 0.05) is 49.5 Å². The summed E-state index contributed by atoms with van der Waals surface area (Å²) in [6.45, 7) is 8.35. The molecule has 1 aromatic heterocycles. The number of nitrogens with one attached hydrogen (secondary N) is 3. The van der Waals surface area contributed by atoms with Crippen LogP contribution in [0.4, 0.5) is 15.3 Å². The van der Waals surface area contributed by atoms with E-state index in [0.717, 1.165) is 47.6 Å². The first-order chi connectivity index (χ1) is 16.7. The van der Waals surface area contributed by atoms with Gasteiger partial charge < -0.3 is 25.6 Å². The van der Waals surface area contributed by atoms with Crippen LogP contribution in [-0.4, -0.2) is 68.3 Å². The number of ether oxygens (including phenoxy) is 1. The minimum Gasteiger partial charge on any atom is -0.444 e. The number of anilines is 1. The molecule has 3 N–H and O–H groups in total. The van der Waals surface area contributed by atoms with E-state index in [1.165, 1.54) is 0 Å². The summed E-state index contributed by atoms with van der Waals surface area (Å²) in [5.41, 5.74) is 1.73. The van der Waals surface area contributed by atoms with Crippen LogP contribution in [0.15, 0.2) is 30.6 Å². The number of fused-ring (bicyclic) bond motifs is 1. The van der Waals surface area contributed by atoms with Crippen LogP contribution in [-0.2, 0) is 4.74 Å². The SMILES string of the molecule is CC(C)(C)OC(=O)N1CCC(SC(=S)NCCCCNC(=O)Nc2ccc3nccnc3c2)CC1. The number of nitrogens with zero attached hydrogens (tertiary/aromatic N) is 3. The Labute approximate surface area is 216 Å². The smallest absolute Gasteiger partial charge is 0.410 e. The monoisotopic (exact) mass is 518 g/mol. The number of hydrogen-bond donors (Lipinski definition) is 3. The average Bonchev–Trinajstić information content (AvgIpc) is 2.80. The maximum absolute atomic E-state index is 12.2. The quantitative estimate of drug-likeness (QED) is 0.362. The third-order valence-electron chi connectivity index (χ3n) is 5.25. The predicted octanol–water partition coefficient (Wildman–Crippen LogP) is 4.54. The van der Waals surface area contributed by atoms with Crippen molar-refractivity contribution < 1.29 is 14.3 Å². The Hall–Kier alpha value is -2.66. The van der Waals surface area contributed by atoms with Crippen LogP contribution in [0.5, 0.6) is 0 Å². The zero-order valence-electron chi connectivity index (χ0n) is 20.5. The molecule has 3 rings (SSSR count). The molecule has 0 atom stereocenters. The molecule has 2 heterocycles. The molecule has 0 unspecified atom stereocenters. The highest BCUT2D eigenvalue weighted by molar-refractivity contribution is 8.23. The van der Waals surface area contributed by atoms with Gasteiger partial charge in [-0.1, -0.05) is 24.0 Å². The van der Waals surface area contributed by atoms with Crippen LogP contribution in [0.2, 0.25) is 0 Å². The van der Waals surface area contributed by atoms with E-state index in [4.69, 9.17) is 17.0 Å². The predicted molar refractivity (Wildman–Crippen MR) is 145 cm³/mol. The summed E-state index contributed by atoms with van der Waals surface area (Å²) in [5.74, 6) is 0. The summed E-state index contributed by atoms with van der Waals surface area (Å²) < 4.78 is 6.23. The number of aromatic nitrogens is 2.